The third kappa shape index (κ3) is 4.29. The molecule has 2 heterocycles. The van der Waals surface area contributed by atoms with Gasteiger partial charge in [0.2, 0.25) is 0 Å². The summed E-state index contributed by atoms with van der Waals surface area (Å²) in [6, 6.07) is 14.1. The zero-order valence-corrected chi connectivity index (χ0v) is 19.6. The topological polar surface area (TPSA) is 52.7 Å². The highest BCUT2D eigenvalue weighted by atomic mass is 16.2. The molecule has 0 radical (unpaired) electrons. The predicted molar refractivity (Wildman–Crippen MR) is 131 cm³/mol. The fourth-order valence-corrected chi connectivity index (χ4v) is 4.45. The molecule has 0 aliphatic carbocycles. The number of anilines is 2. The van der Waals surface area contributed by atoms with Crippen LogP contribution >= 0.6 is 0 Å². The maximum absolute atomic E-state index is 13.2. The van der Waals surface area contributed by atoms with Crippen LogP contribution in [0.3, 0.4) is 0 Å². The van der Waals surface area contributed by atoms with Crippen molar-refractivity contribution in [3.05, 3.63) is 64.9 Å². The van der Waals surface area contributed by atoms with Crippen LogP contribution in [0, 0.1) is 19.8 Å². The highest BCUT2D eigenvalue weighted by Gasteiger charge is 2.38. The predicted octanol–water partition coefficient (Wildman–Crippen LogP) is 5.14. The molecule has 0 spiro atoms. The molecule has 1 fully saturated rings. The van der Waals surface area contributed by atoms with Crippen LogP contribution in [0.5, 0.6) is 0 Å². The van der Waals surface area contributed by atoms with Crippen molar-refractivity contribution in [2.24, 2.45) is 5.92 Å². The number of hydrogen-bond donors (Lipinski definition) is 1. The fraction of sp³-hybridized carbons (Fsp3) is 0.407. The molecule has 4 rings (SSSR count). The van der Waals surface area contributed by atoms with Crippen molar-refractivity contribution in [2.75, 3.05) is 29.9 Å². The number of amides is 2. The monoisotopic (exact) mass is 431 g/mol. The largest absolute Gasteiger partial charge is 0.372 e. The van der Waals surface area contributed by atoms with Crippen LogP contribution in [0.1, 0.15) is 49.8 Å². The Hall–Kier alpha value is -3.08. The first kappa shape index (κ1) is 22.1. The van der Waals surface area contributed by atoms with E-state index in [1.54, 1.807) is 0 Å². The molecule has 0 unspecified atom stereocenters. The lowest BCUT2D eigenvalue weighted by Gasteiger charge is -2.32. The molecule has 0 atom stereocenters. The van der Waals surface area contributed by atoms with E-state index < -0.39 is 0 Å². The van der Waals surface area contributed by atoms with Crippen molar-refractivity contribution < 1.29 is 9.59 Å². The summed E-state index contributed by atoms with van der Waals surface area (Å²) in [4.78, 5) is 30.1. The van der Waals surface area contributed by atoms with Crippen molar-refractivity contribution in [2.45, 2.75) is 47.0 Å². The van der Waals surface area contributed by atoms with Gasteiger partial charge in [0.15, 0.2) is 0 Å². The molecule has 2 aromatic rings. The smallest absolute Gasteiger partial charge is 0.278 e. The van der Waals surface area contributed by atoms with Crippen LogP contribution in [0.4, 0.5) is 11.4 Å². The third-order valence-electron chi connectivity index (χ3n) is 6.70. The number of carbonyl (C=O) groups excluding carboxylic acids is 2. The van der Waals surface area contributed by atoms with Gasteiger partial charge in [-0.2, -0.15) is 0 Å². The van der Waals surface area contributed by atoms with Gasteiger partial charge in [0.05, 0.1) is 5.57 Å². The number of hydrogen-bond acceptors (Lipinski definition) is 4. The van der Waals surface area contributed by atoms with Gasteiger partial charge in [-0.25, -0.2) is 0 Å². The zero-order chi connectivity index (χ0) is 22.8. The van der Waals surface area contributed by atoms with Gasteiger partial charge in [0, 0.05) is 31.0 Å². The van der Waals surface area contributed by atoms with Crippen molar-refractivity contribution in [1.29, 1.82) is 0 Å². The molecule has 5 nitrogen and oxygen atoms in total. The summed E-state index contributed by atoms with van der Waals surface area (Å²) >= 11 is 0. The Balaban J connectivity index is 1.63. The Morgan fingerprint density at radius 2 is 1.62 bits per heavy atom. The van der Waals surface area contributed by atoms with E-state index in [1.807, 2.05) is 51.1 Å². The van der Waals surface area contributed by atoms with E-state index in [9.17, 15) is 9.59 Å². The highest BCUT2D eigenvalue weighted by Crippen LogP contribution is 2.32. The van der Waals surface area contributed by atoms with Crippen molar-refractivity contribution >= 4 is 28.8 Å². The number of nitrogens with one attached hydrogen (secondary N) is 1. The molecule has 168 valence electrons. The number of rotatable bonds is 6. The van der Waals surface area contributed by atoms with Gasteiger partial charge in [-0.3, -0.25) is 14.5 Å². The SMILES string of the molecule is CCCN1C(=O)C(Nc2ccc(N3CCC(C)CC3)cc2)=C(c2ccc(C)c(C)c2)C1=O. The van der Waals surface area contributed by atoms with E-state index in [2.05, 4.69) is 29.3 Å². The van der Waals surface area contributed by atoms with Crippen LogP contribution in [-0.4, -0.2) is 36.3 Å². The van der Waals surface area contributed by atoms with Crippen LogP contribution in [0.2, 0.25) is 0 Å². The Morgan fingerprint density at radius 3 is 2.25 bits per heavy atom. The quantitative estimate of drug-likeness (QED) is 0.644. The van der Waals surface area contributed by atoms with Crippen LogP contribution < -0.4 is 10.2 Å². The average molecular weight is 432 g/mol. The lowest BCUT2D eigenvalue weighted by molar-refractivity contribution is -0.136. The number of nitrogens with zero attached hydrogens (tertiary/aromatic N) is 2. The van der Waals surface area contributed by atoms with Gasteiger partial charge < -0.3 is 10.2 Å². The number of piperidine rings is 1. The van der Waals surface area contributed by atoms with E-state index in [0.29, 0.717) is 17.8 Å². The lowest BCUT2D eigenvalue weighted by atomic mass is 9.99. The molecule has 2 aromatic carbocycles. The van der Waals surface area contributed by atoms with Gasteiger partial charge in [0.25, 0.3) is 11.8 Å². The van der Waals surface area contributed by atoms with E-state index in [4.69, 9.17) is 0 Å². The highest BCUT2D eigenvalue weighted by molar-refractivity contribution is 6.36. The summed E-state index contributed by atoms with van der Waals surface area (Å²) < 4.78 is 0. The van der Waals surface area contributed by atoms with E-state index in [0.717, 1.165) is 47.8 Å². The Bertz CT molecular complexity index is 1050. The summed E-state index contributed by atoms with van der Waals surface area (Å²) in [5.41, 5.74) is 5.89. The first-order valence-electron chi connectivity index (χ1n) is 11.7. The number of benzene rings is 2. The average Bonchev–Trinajstić information content (AvgIpc) is 3.01. The summed E-state index contributed by atoms with van der Waals surface area (Å²) in [6.45, 7) is 10.9. The van der Waals surface area contributed by atoms with Gasteiger partial charge >= 0.3 is 0 Å². The second kappa shape index (κ2) is 9.19. The van der Waals surface area contributed by atoms with Crippen molar-refractivity contribution in [3.8, 4) is 0 Å². The van der Waals surface area contributed by atoms with Crippen LogP contribution in [0.25, 0.3) is 5.57 Å². The molecule has 5 heteroatoms. The molecule has 0 saturated carbocycles. The normalized spacial score (nSPS) is 17.5. The number of aryl methyl sites for hydroxylation is 2. The summed E-state index contributed by atoms with van der Waals surface area (Å²) in [5.74, 6) is 0.320. The van der Waals surface area contributed by atoms with Crippen LogP contribution in [0.15, 0.2) is 48.2 Å². The van der Waals surface area contributed by atoms with Crippen molar-refractivity contribution in [3.63, 3.8) is 0 Å². The molecular formula is C27H33N3O2. The van der Waals surface area contributed by atoms with Gasteiger partial charge in [-0.1, -0.05) is 32.0 Å². The molecule has 1 N–H and O–H groups in total. The first-order chi connectivity index (χ1) is 15.4. The standard InChI is InChI=1S/C27H33N3O2/c1-5-14-30-26(31)24(21-7-6-19(3)20(4)17-21)25(27(30)32)28-22-8-10-23(11-9-22)29-15-12-18(2)13-16-29/h6-11,17-18,28H,5,12-16H2,1-4H3. The minimum Gasteiger partial charge on any atom is -0.372 e. The molecule has 1 saturated heterocycles. The fourth-order valence-electron chi connectivity index (χ4n) is 4.45. The van der Waals surface area contributed by atoms with Crippen LogP contribution in [-0.2, 0) is 9.59 Å². The van der Waals surface area contributed by atoms with Gasteiger partial charge in [-0.15, -0.1) is 0 Å². The molecule has 32 heavy (non-hydrogen) atoms. The maximum Gasteiger partial charge on any atom is 0.278 e. The third-order valence-corrected chi connectivity index (χ3v) is 6.70. The molecule has 0 bridgehead atoms. The summed E-state index contributed by atoms with van der Waals surface area (Å²) in [7, 11) is 0. The van der Waals surface area contributed by atoms with Gasteiger partial charge in [0.1, 0.15) is 5.70 Å². The Kier molecular flexibility index (Phi) is 6.35. The number of imide groups is 1. The molecular weight excluding hydrogens is 398 g/mol. The van der Waals surface area contributed by atoms with E-state index >= 15 is 0 Å². The Morgan fingerprint density at radius 1 is 0.938 bits per heavy atom. The van der Waals surface area contributed by atoms with Crippen molar-refractivity contribution in [1.82, 2.24) is 4.90 Å². The zero-order valence-electron chi connectivity index (χ0n) is 19.6. The second-order valence-electron chi connectivity index (χ2n) is 9.15. The first-order valence-corrected chi connectivity index (χ1v) is 11.7. The van der Waals surface area contributed by atoms with E-state index in [1.165, 1.54) is 23.4 Å². The lowest BCUT2D eigenvalue weighted by Crippen LogP contribution is -2.33. The maximum atomic E-state index is 13.2. The molecule has 2 aliphatic rings. The van der Waals surface area contributed by atoms with Gasteiger partial charge in [-0.05, 0) is 80.0 Å². The molecule has 0 aromatic heterocycles. The molecule has 2 amide bonds. The van der Waals surface area contributed by atoms with E-state index in [-0.39, 0.29) is 11.8 Å². The second-order valence-corrected chi connectivity index (χ2v) is 9.15. The minimum atomic E-state index is -0.251. The minimum absolute atomic E-state index is 0.221. The number of carbonyl (C=O) groups is 2. The molecule has 2 aliphatic heterocycles. The Labute approximate surface area is 191 Å². The summed E-state index contributed by atoms with van der Waals surface area (Å²) in [5, 5.41) is 3.28. The summed E-state index contributed by atoms with van der Waals surface area (Å²) in [6.07, 6.45) is 3.17.